The van der Waals surface area contributed by atoms with E-state index in [4.69, 9.17) is 10.5 Å². The first-order valence-electron chi connectivity index (χ1n) is 9.43. The summed E-state index contributed by atoms with van der Waals surface area (Å²) in [5, 5.41) is 22.3. The molecule has 0 aliphatic carbocycles. The Bertz CT molecular complexity index is 1260. The zero-order valence-corrected chi connectivity index (χ0v) is 17.5. The van der Waals surface area contributed by atoms with Crippen molar-refractivity contribution in [1.29, 1.82) is 10.5 Å². The zero-order chi connectivity index (χ0) is 23.3. The van der Waals surface area contributed by atoms with Gasteiger partial charge in [-0.15, -0.1) is 0 Å². The van der Waals surface area contributed by atoms with Crippen LogP contribution in [0, 0.1) is 22.7 Å². The molecule has 2 N–H and O–H groups in total. The van der Waals surface area contributed by atoms with E-state index in [0.717, 1.165) is 4.31 Å². The standard InChI is InChI=1S/C21H17N5O5S/c22-9-1-11-26(12-2-10-23)32(30,31)16-6-3-14(4-7-16)19(27)24-15-5-8-17-18(13-15)21(29)25-20(17)28/h3-8,13H,1-2,11-12H2,(H,24,27)(H,25,28,29). The lowest BCUT2D eigenvalue weighted by Crippen LogP contribution is -2.32. The molecule has 0 radical (unpaired) electrons. The van der Waals surface area contributed by atoms with E-state index in [1.54, 1.807) is 0 Å². The fraction of sp³-hybridized carbons (Fsp3) is 0.190. The molecule has 1 heterocycles. The average molecular weight is 451 g/mol. The van der Waals surface area contributed by atoms with Crippen LogP contribution in [0.1, 0.15) is 43.9 Å². The van der Waals surface area contributed by atoms with Crippen molar-refractivity contribution in [1.82, 2.24) is 9.62 Å². The molecular formula is C21H17N5O5S. The van der Waals surface area contributed by atoms with E-state index in [1.807, 2.05) is 12.1 Å². The third-order valence-electron chi connectivity index (χ3n) is 4.69. The van der Waals surface area contributed by atoms with Crippen LogP contribution in [0.4, 0.5) is 5.69 Å². The Balaban J connectivity index is 1.76. The van der Waals surface area contributed by atoms with Crippen molar-refractivity contribution < 1.29 is 22.8 Å². The molecule has 0 aromatic heterocycles. The molecule has 0 saturated carbocycles. The summed E-state index contributed by atoms with van der Waals surface area (Å²) >= 11 is 0. The number of nitrogens with zero attached hydrogens (tertiary/aromatic N) is 3. The van der Waals surface area contributed by atoms with Gasteiger partial charge in [0.05, 0.1) is 28.2 Å². The summed E-state index contributed by atoms with van der Waals surface area (Å²) in [4.78, 5) is 35.8. The summed E-state index contributed by atoms with van der Waals surface area (Å²) in [5.41, 5.74) is 0.851. The number of nitrogens with one attached hydrogen (secondary N) is 2. The summed E-state index contributed by atoms with van der Waals surface area (Å²) in [7, 11) is -3.94. The molecule has 2 aromatic carbocycles. The fourth-order valence-electron chi connectivity index (χ4n) is 3.08. The van der Waals surface area contributed by atoms with Crippen molar-refractivity contribution >= 4 is 33.4 Å². The van der Waals surface area contributed by atoms with Gasteiger partial charge in [0.25, 0.3) is 17.7 Å². The summed E-state index contributed by atoms with van der Waals surface area (Å²) in [5.74, 6) is -1.59. The fourth-order valence-corrected chi connectivity index (χ4v) is 4.52. The second kappa shape index (κ2) is 9.39. The van der Waals surface area contributed by atoms with Crippen LogP contribution >= 0.6 is 0 Å². The van der Waals surface area contributed by atoms with E-state index in [0.29, 0.717) is 5.69 Å². The number of anilines is 1. The monoisotopic (exact) mass is 451 g/mol. The Morgan fingerprint density at radius 2 is 1.53 bits per heavy atom. The first-order valence-corrected chi connectivity index (χ1v) is 10.9. The van der Waals surface area contributed by atoms with Crippen LogP contribution in [0.3, 0.4) is 0 Å². The van der Waals surface area contributed by atoms with Gasteiger partial charge < -0.3 is 5.32 Å². The molecule has 3 amide bonds. The highest BCUT2D eigenvalue weighted by Crippen LogP contribution is 2.22. The van der Waals surface area contributed by atoms with Gasteiger partial charge in [0.1, 0.15) is 0 Å². The average Bonchev–Trinajstić information content (AvgIpc) is 3.06. The lowest BCUT2D eigenvalue weighted by molar-refractivity contribution is 0.0878. The summed E-state index contributed by atoms with van der Waals surface area (Å²) in [6, 6.07) is 13.3. The van der Waals surface area contributed by atoms with E-state index in [-0.39, 0.29) is 47.5 Å². The van der Waals surface area contributed by atoms with E-state index >= 15 is 0 Å². The van der Waals surface area contributed by atoms with Crippen LogP contribution in [0.25, 0.3) is 0 Å². The van der Waals surface area contributed by atoms with Gasteiger partial charge in [-0.1, -0.05) is 0 Å². The normalized spacial score (nSPS) is 12.6. The van der Waals surface area contributed by atoms with Gasteiger partial charge >= 0.3 is 0 Å². The van der Waals surface area contributed by atoms with E-state index in [2.05, 4.69) is 10.6 Å². The van der Waals surface area contributed by atoms with Crippen LogP contribution in [-0.4, -0.2) is 43.5 Å². The Kier molecular flexibility index (Phi) is 6.64. The molecule has 0 atom stereocenters. The molecule has 0 bridgehead atoms. The SMILES string of the molecule is N#CCCN(CCC#N)S(=O)(=O)c1ccc(C(=O)Nc2ccc3c(c2)C(=O)NC3=O)cc1. The molecule has 162 valence electrons. The second-order valence-electron chi connectivity index (χ2n) is 6.74. The highest BCUT2D eigenvalue weighted by molar-refractivity contribution is 7.89. The third-order valence-corrected chi connectivity index (χ3v) is 6.61. The van der Waals surface area contributed by atoms with Crippen LogP contribution < -0.4 is 10.6 Å². The molecule has 10 nitrogen and oxygen atoms in total. The quantitative estimate of drug-likeness (QED) is 0.577. The highest BCUT2D eigenvalue weighted by Gasteiger charge is 2.27. The summed E-state index contributed by atoms with van der Waals surface area (Å²) in [6.07, 6.45) is -0.0366. The van der Waals surface area contributed by atoms with Crippen molar-refractivity contribution in [3.63, 3.8) is 0 Å². The number of amides is 3. The Labute approximate surface area is 184 Å². The molecule has 32 heavy (non-hydrogen) atoms. The maximum atomic E-state index is 12.8. The van der Waals surface area contributed by atoms with E-state index in [1.165, 1.54) is 42.5 Å². The van der Waals surface area contributed by atoms with Gasteiger partial charge in [-0.3, -0.25) is 19.7 Å². The van der Waals surface area contributed by atoms with Gasteiger partial charge in [-0.2, -0.15) is 14.8 Å². The number of hydrogen-bond donors (Lipinski definition) is 2. The third kappa shape index (κ3) is 4.64. The number of fused-ring (bicyclic) bond motifs is 1. The first-order chi connectivity index (χ1) is 15.3. The maximum absolute atomic E-state index is 12.8. The topological polar surface area (TPSA) is 160 Å². The Morgan fingerprint density at radius 1 is 0.938 bits per heavy atom. The van der Waals surface area contributed by atoms with Crippen molar-refractivity contribution in [2.75, 3.05) is 18.4 Å². The lowest BCUT2D eigenvalue weighted by Gasteiger charge is -2.20. The Morgan fingerprint density at radius 3 is 2.12 bits per heavy atom. The molecule has 11 heteroatoms. The smallest absolute Gasteiger partial charge is 0.259 e. The minimum Gasteiger partial charge on any atom is -0.322 e. The second-order valence-corrected chi connectivity index (χ2v) is 8.68. The minimum atomic E-state index is -3.94. The van der Waals surface area contributed by atoms with Crippen molar-refractivity contribution in [2.45, 2.75) is 17.7 Å². The largest absolute Gasteiger partial charge is 0.322 e. The molecule has 0 fully saturated rings. The lowest BCUT2D eigenvalue weighted by atomic mass is 10.1. The zero-order valence-electron chi connectivity index (χ0n) is 16.7. The number of imide groups is 1. The summed E-state index contributed by atoms with van der Waals surface area (Å²) in [6.45, 7) is -0.0890. The predicted octanol–water partition coefficient (Wildman–Crippen LogP) is 1.64. The highest BCUT2D eigenvalue weighted by atomic mass is 32.2. The van der Waals surface area contributed by atoms with Crippen LogP contribution in [0.5, 0.6) is 0 Å². The van der Waals surface area contributed by atoms with Crippen LogP contribution in [-0.2, 0) is 10.0 Å². The number of carbonyl (C=O) groups excluding carboxylic acids is 3. The van der Waals surface area contributed by atoms with Crippen molar-refractivity contribution in [3.05, 3.63) is 59.2 Å². The number of hydrogen-bond acceptors (Lipinski definition) is 7. The van der Waals surface area contributed by atoms with Gasteiger partial charge in [-0.05, 0) is 42.5 Å². The number of sulfonamides is 1. The molecule has 0 spiro atoms. The number of rotatable bonds is 8. The van der Waals surface area contributed by atoms with Gasteiger partial charge in [0.15, 0.2) is 0 Å². The maximum Gasteiger partial charge on any atom is 0.259 e. The number of nitriles is 2. The molecular weight excluding hydrogens is 434 g/mol. The van der Waals surface area contributed by atoms with Gasteiger partial charge in [0.2, 0.25) is 10.0 Å². The van der Waals surface area contributed by atoms with Crippen molar-refractivity contribution in [3.8, 4) is 12.1 Å². The van der Waals surface area contributed by atoms with Crippen LogP contribution in [0.2, 0.25) is 0 Å². The molecule has 0 saturated heterocycles. The van der Waals surface area contributed by atoms with Crippen molar-refractivity contribution in [2.24, 2.45) is 0 Å². The molecule has 0 unspecified atom stereocenters. The van der Waals surface area contributed by atoms with E-state index in [9.17, 15) is 22.8 Å². The first kappa shape index (κ1) is 22.6. The molecule has 2 aromatic rings. The van der Waals surface area contributed by atoms with Gasteiger partial charge in [-0.25, -0.2) is 8.42 Å². The number of carbonyl (C=O) groups is 3. The molecule has 1 aliphatic rings. The summed E-state index contributed by atoms with van der Waals surface area (Å²) < 4.78 is 26.7. The predicted molar refractivity (Wildman–Crippen MR) is 112 cm³/mol. The van der Waals surface area contributed by atoms with E-state index < -0.39 is 27.7 Å². The minimum absolute atomic E-state index is 0.0183. The molecule has 3 rings (SSSR count). The molecule has 1 aliphatic heterocycles. The van der Waals surface area contributed by atoms with Gasteiger partial charge in [0, 0.05) is 37.2 Å². The van der Waals surface area contributed by atoms with Crippen LogP contribution in [0.15, 0.2) is 47.4 Å². The number of benzene rings is 2. The Hall–Kier alpha value is -4.06.